The number of methoxy groups -OCH3 is 1. The first-order valence-electron chi connectivity index (χ1n) is 7.87. The van der Waals surface area contributed by atoms with Gasteiger partial charge in [-0.1, -0.05) is 6.07 Å². The molecular weight excluding hydrogens is 348 g/mol. The Morgan fingerprint density at radius 1 is 1.62 bits per heavy atom. The second-order valence-electron chi connectivity index (χ2n) is 5.81. The zero-order valence-electron chi connectivity index (χ0n) is 13.6. The van der Waals surface area contributed by atoms with Gasteiger partial charge in [0.25, 0.3) is 0 Å². The molecule has 24 heavy (non-hydrogen) atoms. The summed E-state index contributed by atoms with van der Waals surface area (Å²) in [5.41, 5.74) is 0. The van der Waals surface area contributed by atoms with Crippen LogP contribution < -0.4 is 4.90 Å². The number of thiophene rings is 1. The molecule has 3 atom stereocenters. The van der Waals surface area contributed by atoms with Crippen LogP contribution in [0.5, 0.6) is 0 Å². The number of likely N-dealkylation sites (tertiary alicyclic amines) is 1. The topological polar surface area (TPSA) is 73.7 Å². The van der Waals surface area contributed by atoms with Crippen LogP contribution in [0, 0.1) is 4.77 Å². The van der Waals surface area contributed by atoms with Gasteiger partial charge in [0, 0.05) is 13.0 Å². The number of nitrogens with one attached hydrogen (secondary N) is 1. The smallest absolute Gasteiger partial charge is 0.364 e. The molecule has 0 saturated carbocycles. The fourth-order valence-corrected chi connectivity index (χ4v) is 4.19. The molecule has 1 unspecified atom stereocenters. The molecule has 130 valence electrons. The number of aliphatic hydroxyl groups excluding tert-OH is 1. The summed E-state index contributed by atoms with van der Waals surface area (Å²) >= 11 is 7.17. The highest BCUT2D eigenvalue weighted by molar-refractivity contribution is 7.71. The largest absolute Gasteiger partial charge is 0.465 e. The third kappa shape index (κ3) is 3.16. The molecular formula is C15H21N4O3S2+. The summed E-state index contributed by atoms with van der Waals surface area (Å²) in [6, 6.07) is 3.61. The Morgan fingerprint density at radius 2 is 2.42 bits per heavy atom. The lowest BCUT2D eigenvalue weighted by Crippen LogP contribution is -3.14. The third-order valence-electron chi connectivity index (χ3n) is 4.32. The van der Waals surface area contributed by atoms with Crippen molar-refractivity contribution in [2.45, 2.75) is 38.7 Å². The molecule has 0 aromatic carbocycles. The maximum Gasteiger partial charge on any atom is 0.364 e. The minimum Gasteiger partial charge on any atom is -0.465 e. The third-order valence-corrected chi connectivity index (χ3v) is 5.61. The van der Waals surface area contributed by atoms with E-state index < -0.39 is 6.10 Å². The number of esters is 1. The number of quaternary nitrogens is 1. The number of hydrogen-bond acceptors (Lipinski definition) is 6. The van der Waals surface area contributed by atoms with Gasteiger partial charge in [-0.15, -0.1) is 16.4 Å². The van der Waals surface area contributed by atoms with E-state index in [1.54, 1.807) is 16.0 Å². The Bertz CT molecular complexity index is 768. The minimum absolute atomic E-state index is 0.304. The van der Waals surface area contributed by atoms with E-state index in [0.29, 0.717) is 24.4 Å². The molecule has 2 aromatic heterocycles. The van der Waals surface area contributed by atoms with E-state index in [2.05, 4.69) is 5.10 Å². The van der Waals surface area contributed by atoms with Crippen molar-refractivity contribution >= 4 is 29.5 Å². The monoisotopic (exact) mass is 369 g/mol. The number of aromatic nitrogens is 3. The van der Waals surface area contributed by atoms with E-state index in [1.807, 2.05) is 29.0 Å². The van der Waals surface area contributed by atoms with Crippen LogP contribution in [0.3, 0.4) is 0 Å². The van der Waals surface area contributed by atoms with Crippen LogP contribution in [0.25, 0.3) is 10.7 Å². The first-order chi connectivity index (χ1) is 11.5. The van der Waals surface area contributed by atoms with Gasteiger partial charge in [0.1, 0.15) is 12.6 Å². The van der Waals surface area contributed by atoms with E-state index in [0.717, 1.165) is 22.1 Å². The van der Waals surface area contributed by atoms with E-state index in [-0.39, 0.29) is 12.0 Å². The number of carbonyl (C=O) groups excluding carboxylic acids is 1. The van der Waals surface area contributed by atoms with E-state index in [4.69, 9.17) is 17.0 Å². The van der Waals surface area contributed by atoms with Gasteiger partial charge in [0.05, 0.1) is 12.0 Å². The second kappa shape index (κ2) is 7.14. The highest BCUT2D eigenvalue weighted by atomic mass is 32.1. The lowest BCUT2D eigenvalue weighted by atomic mass is 10.2. The van der Waals surface area contributed by atoms with Crippen molar-refractivity contribution in [3.8, 4) is 10.7 Å². The van der Waals surface area contributed by atoms with Crippen molar-refractivity contribution < 1.29 is 19.5 Å². The molecule has 0 radical (unpaired) electrons. The normalized spacial score (nSPS) is 23.5. The maximum atomic E-state index is 11.9. The van der Waals surface area contributed by atoms with Crippen molar-refractivity contribution in [1.29, 1.82) is 0 Å². The SMILES string of the molecule is CCn1c(-c2cccs2)nn(C[NH+]2C[C@@H](O)C[C@H]2C(=O)OC)c1=S. The molecule has 2 aromatic rings. The molecule has 0 amide bonds. The highest BCUT2D eigenvalue weighted by Gasteiger charge is 2.41. The molecule has 1 fully saturated rings. The number of rotatable bonds is 5. The van der Waals surface area contributed by atoms with Gasteiger partial charge in [-0.2, -0.15) is 4.68 Å². The molecule has 7 nitrogen and oxygen atoms in total. The fourth-order valence-electron chi connectivity index (χ4n) is 3.16. The van der Waals surface area contributed by atoms with Gasteiger partial charge in [-0.25, -0.2) is 4.79 Å². The summed E-state index contributed by atoms with van der Waals surface area (Å²) in [6.45, 7) is 3.67. The summed E-state index contributed by atoms with van der Waals surface area (Å²) in [7, 11) is 1.37. The van der Waals surface area contributed by atoms with Crippen LogP contribution in [0.4, 0.5) is 0 Å². The highest BCUT2D eigenvalue weighted by Crippen LogP contribution is 2.23. The first kappa shape index (κ1) is 17.3. The standard InChI is InChI=1S/C15H20N4O3S2/c1-3-18-13(12-5-4-6-24-12)16-19(15(18)23)9-17-8-10(20)7-11(17)14(21)22-2/h4-6,10-11,20H,3,7-9H2,1-2H3/p+1/t10-,11-/m0/s1. The van der Waals surface area contributed by atoms with Crippen molar-refractivity contribution in [2.24, 2.45) is 0 Å². The number of hydrogen-bond donors (Lipinski definition) is 2. The molecule has 1 aliphatic heterocycles. The van der Waals surface area contributed by atoms with Gasteiger partial charge < -0.3 is 14.7 Å². The van der Waals surface area contributed by atoms with Crippen molar-refractivity contribution in [2.75, 3.05) is 13.7 Å². The molecule has 2 N–H and O–H groups in total. The number of ether oxygens (including phenoxy) is 1. The molecule has 0 aliphatic carbocycles. The van der Waals surface area contributed by atoms with Crippen LogP contribution in [0.1, 0.15) is 13.3 Å². The molecule has 0 bridgehead atoms. The quantitative estimate of drug-likeness (QED) is 0.586. The average Bonchev–Trinajstić information content (AvgIpc) is 3.27. The lowest BCUT2D eigenvalue weighted by molar-refractivity contribution is -0.928. The van der Waals surface area contributed by atoms with Crippen LogP contribution in [0.15, 0.2) is 17.5 Å². The number of carbonyl (C=O) groups is 1. The van der Waals surface area contributed by atoms with Crippen LogP contribution in [-0.4, -0.2) is 51.2 Å². The van der Waals surface area contributed by atoms with Crippen molar-refractivity contribution in [3.05, 3.63) is 22.3 Å². The molecule has 3 heterocycles. The Labute approximate surface area is 149 Å². The molecule has 1 saturated heterocycles. The zero-order valence-corrected chi connectivity index (χ0v) is 15.3. The summed E-state index contributed by atoms with van der Waals surface area (Å²) in [5, 5.41) is 16.6. The van der Waals surface area contributed by atoms with Crippen LogP contribution in [-0.2, 0) is 22.7 Å². The van der Waals surface area contributed by atoms with Gasteiger partial charge in [-0.3, -0.25) is 4.57 Å². The molecule has 0 spiro atoms. The molecule has 3 rings (SSSR count). The van der Waals surface area contributed by atoms with Crippen molar-refractivity contribution in [1.82, 2.24) is 14.3 Å². The Hall–Kier alpha value is -1.55. The number of nitrogens with zero attached hydrogens (tertiary/aromatic N) is 3. The van der Waals surface area contributed by atoms with Crippen LogP contribution >= 0.6 is 23.6 Å². The van der Waals surface area contributed by atoms with Gasteiger partial charge in [-0.05, 0) is 30.6 Å². The average molecular weight is 369 g/mol. The maximum absolute atomic E-state index is 11.9. The molecule has 9 heteroatoms. The zero-order chi connectivity index (χ0) is 17.3. The lowest BCUT2D eigenvalue weighted by Gasteiger charge is -2.18. The minimum atomic E-state index is -0.511. The Balaban J connectivity index is 1.90. The van der Waals surface area contributed by atoms with Gasteiger partial charge in [0.15, 0.2) is 18.5 Å². The number of aliphatic hydroxyl groups is 1. The Kier molecular flexibility index (Phi) is 5.14. The van der Waals surface area contributed by atoms with E-state index >= 15 is 0 Å². The Morgan fingerprint density at radius 3 is 3.04 bits per heavy atom. The van der Waals surface area contributed by atoms with Gasteiger partial charge in [0.2, 0.25) is 4.77 Å². The summed E-state index contributed by atoms with van der Waals surface area (Å²) in [5.74, 6) is 0.535. The predicted octanol–water partition coefficient (Wildman–Crippen LogP) is 0.311. The molecule has 1 aliphatic rings. The summed E-state index contributed by atoms with van der Waals surface area (Å²) in [4.78, 5) is 13.9. The first-order valence-corrected chi connectivity index (χ1v) is 9.16. The van der Waals surface area contributed by atoms with E-state index in [1.165, 1.54) is 7.11 Å². The summed E-state index contributed by atoms with van der Waals surface area (Å²) in [6.07, 6.45) is -0.106. The van der Waals surface area contributed by atoms with Crippen molar-refractivity contribution in [3.63, 3.8) is 0 Å². The summed E-state index contributed by atoms with van der Waals surface area (Å²) < 4.78 is 9.22. The predicted molar refractivity (Wildman–Crippen MR) is 92.3 cm³/mol. The van der Waals surface area contributed by atoms with E-state index in [9.17, 15) is 9.90 Å². The van der Waals surface area contributed by atoms with Crippen LogP contribution in [0.2, 0.25) is 0 Å². The second-order valence-corrected chi connectivity index (χ2v) is 7.13. The fraction of sp³-hybridized carbons (Fsp3) is 0.533. The van der Waals surface area contributed by atoms with Gasteiger partial charge >= 0.3 is 5.97 Å².